The van der Waals surface area contributed by atoms with E-state index in [0.717, 1.165) is 15.2 Å². The molecule has 15 heavy (non-hydrogen) atoms. The van der Waals surface area contributed by atoms with Gasteiger partial charge in [0.1, 0.15) is 5.75 Å². The minimum atomic E-state index is 0.310. The maximum absolute atomic E-state index is 9.19. The van der Waals surface area contributed by atoms with Gasteiger partial charge in [-0.15, -0.1) is 0 Å². The third-order valence-corrected chi connectivity index (χ3v) is 2.28. The molecule has 0 radical (unpaired) electrons. The number of halogens is 1. The van der Waals surface area contributed by atoms with E-state index in [1.54, 1.807) is 26.4 Å². The largest absolute Gasteiger partial charge is 0.508 e. The van der Waals surface area contributed by atoms with Gasteiger partial charge >= 0.3 is 0 Å². The number of phenolic OH excluding ortho intramolecular Hbond substituents is 1. The van der Waals surface area contributed by atoms with Crippen molar-refractivity contribution >= 4 is 26.7 Å². The zero-order valence-corrected chi connectivity index (χ0v) is 10.3. The number of benzene rings is 2. The molecule has 3 heteroatoms. The summed E-state index contributed by atoms with van der Waals surface area (Å²) < 4.78 is 5.31. The van der Waals surface area contributed by atoms with E-state index in [4.69, 9.17) is 0 Å². The van der Waals surface area contributed by atoms with Crippen LogP contribution in [0.25, 0.3) is 10.8 Å². The zero-order valence-electron chi connectivity index (χ0n) is 8.70. The van der Waals surface area contributed by atoms with Crippen molar-refractivity contribution in [1.29, 1.82) is 0 Å². The van der Waals surface area contributed by atoms with E-state index < -0.39 is 0 Å². The van der Waals surface area contributed by atoms with Crippen molar-refractivity contribution in [1.82, 2.24) is 0 Å². The molecular formula is C12H13BrO2. The summed E-state index contributed by atoms with van der Waals surface area (Å²) >= 11 is 3.39. The summed E-state index contributed by atoms with van der Waals surface area (Å²) in [7, 11) is 3.25. The Morgan fingerprint density at radius 3 is 2.20 bits per heavy atom. The van der Waals surface area contributed by atoms with Crippen LogP contribution in [0.15, 0.2) is 40.9 Å². The highest BCUT2D eigenvalue weighted by Crippen LogP contribution is 2.22. The molecule has 2 rings (SSSR count). The van der Waals surface area contributed by atoms with Crippen molar-refractivity contribution in [3.05, 3.63) is 40.9 Å². The minimum Gasteiger partial charge on any atom is -0.508 e. The third-order valence-electron chi connectivity index (χ3n) is 1.79. The molecule has 2 aromatic rings. The molecule has 0 bridgehead atoms. The van der Waals surface area contributed by atoms with Gasteiger partial charge < -0.3 is 9.84 Å². The molecule has 0 atom stereocenters. The highest BCUT2D eigenvalue weighted by molar-refractivity contribution is 9.10. The number of aromatic hydroxyl groups is 1. The number of fused-ring (bicyclic) bond motifs is 1. The number of phenols is 1. The van der Waals surface area contributed by atoms with E-state index in [1.165, 1.54) is 0 Å². The van der Waals surface area contributed by atoms with Gasteiger partial charge in [0.2, 0.25) is 0 Å². The second-order valence-corrected chi connectivity index (χ2v) is 4.00. The van der Waals surface area contributed by atoms with Crippen LogP contribution in [0.5, 0.6) is 5.75 Å². The molecule has 0 saturated carbocycles. The Labute approximate surface area is 97.6 Å². The van der Waals surface area contributed by atoms with E-state index >= 15 is 0 Å². The van der Waals surface area contributed by atoms with Crippen molar-refractivity contribution in [3.8, 4) is 5.75 Å². The van der Waals surface area contributed by atoms with Gasteiger partial charge in [0.05, 0.1) is 0 Å². The quantitative estimate of drug-likeness (QED) is 0.792. The lowest BCUT2D eigenvalue weighted by atomic mass is 10.1. The Morgan fingerprint density at radius 1 is 1.00 bits per heavy atom. The molecule has 1 N–H and O–H groups in total. The van der Waals surface area contributed by atoms with Gasteiger partial charge in [-0.2, -0.15) is 0 Å². The fraction of sp³-hybridized carbons (Fsp3) is 0.167. The summed E-state index contributed by atoms with van der Waals surface area (Å²) in [6.45, 7) is 0. The van der Waals surface area contributed by atoms with Crippen LogP contribution >= 0.6 is 15.9 Å². The normalized spacial score (nSPS) is 9.53. The Morgan fingerprint density at radius 2 is 1.53 bits per heavy atom. The molecule has 2 aromatic carbocycles. The van der Waals surface area contributed by atoms with Crippen LogP contribution in [0.1, 0.15) is 0 Å². The average Bonchev–Trinajstić information content (AvgIpc) is 2.20. The lowest BCUT2D eigenvalue weighted by Crippen LogP contribution is -1.71. The van der Waals surface area contributed by atoms with Crippen molar-refractivity contribution in [2.45, 2.75) is 0 Å². The first kappa shape index (κ1) is 12.0. The smallest absolute Gasteiger partial charge is 0.116 e. The average molecular weight is 269 g/mol. The predicted molar refractivity (Wildman–Crippen MR) is 66.2 cm³/mol. The van der Waals surface area contributed by atoms with Gasteiger partial charge in [0.15, 0.2) is 0 Å². The Hall–Kier alpha value is -1.06. The van der Waals surface area contributed by atoms with Crippen LogP contribution in [0, 0.1) is 0 Å². The lowest BCUT2D eigenvalue weighted by molar-refractivity contribution is 0.277. The van der Waals surface area contributed by atoms with Gasteiger partial charge in [-0.25, -0.2) is 0 Å². The maximum Gasteiger partial charge on any atom is 0.116 e. The first-order valence-electron chi connectivity index (χ1n) is 4.46. The summed E-state index contributed by atoms with van der Waals surface area (Å²) in [5.74, 6) is 0.310. The fourth-order valence-electron chi connectivity index (χ4n) is 1.20. The number of rotatable bonds is 0. The van der Waals surface area contributed by atoms with Crippen molar-refractivity contribution in [2.75, 3.05) is 14.2 Å². The highest BCUT2D eigenvalue weighted by Gasteiger charge is 1.94. The molecule has 80 valence electrons. The monoisotopic (exact) mass is 268 g/mol. The number of hydrogen-bond acceptors (Lipinski definition) is 2. The second-order valence-electron chi connectivity index (χ2n) is 3.08. The van der Waals surface area contributed by atoms with Crippen molar-refractivity contribution in [3.63, 3.8) is 0 Å². The Bertz CT molecular complexity index is 399. The van der Waals surface area contributed by atoms with Crippen molar-refractivity contribution < 1.29 is 9.84 Å². The van der Waals surface area contributed by atoms with E-state index in [1.807, 2.05) is 24.3 Å². The third kappa shape index (κ3) is 3.53. The summed E-state index contributed by atoms with van der Waals surface area (Å²) in [6, 6.07) is 11.3. The van der Waals surface area contributed by atoms with Crippen LogP contribution in [0.3, 0.4) is 0 Å². The summed E-state index contributed by atoms with van der Waals surface area (Å²) in [4.78, 5) is 0. The zero-order chi connectivity index (χ0) is 11.3. The molecule has 0 aromatic heterocycles. The van der Waals surface area contributed by atoms with Crippen LogP contribution in [0.2, 0.25) is 0 Å². The molecule has 0 spiro atoms. The number of hydrogen-bond donors (Lipinski definition) is 1. The summed E-state index contributed by atoms with van der Waals surface area (Å²) in [6.07, 6.45) is 0. The first-order valence-corrected chi connectivity index (χ1v) is 5.25. The summed E-state index contributed by atoms with van der Waals surface area (Å²) in [5, 5.41) is 11.4. The number of ether oxygens (including phenoxy) is 1. The minimum absolute atomic E-state index is 0.310. The SMILES string of the molecule is COC.Oc1ccc2cc(Br)ccc2c1. The maximum atomic E-state index is 9.19. The second kappa shape index (κ2) is 5.73. The van der Waals surface area contributed by atoms with E-state index in [-0.39, 0.29) is 0 Å². The standard InChI is InChI=1S/C10H7BrO.C2H6O/c11-9-3-1-8-6-10(12)4-2-7(8)5-9;1-3-2/h1-6,12H;1-2H3. The number of methoxy groups -OCH3 is 1. The molecule has 0 amide bonds. The molecule has 2 nitrogen and oxygen atoms in total. The topological polar surface area (TPSA) is 29.5 Å². The molecule has 0 aliphatic carbocycles. The summed E-state index contributed by atoms with van der Waals surface area (Å²) in [5.41, 5.74) is 0. The van der Waals surface area contributed by atoms with Gasteiger partial charge in [-0.05, 0) is 35.0 Å². The molecule has 0 aliphatic heterocycles. The predicted octanol–water partition coefficient (Wildman–Crippen LogP) is 3.57. The van der Waals surface area contributed by atoms with Crippen LogP contribution in [0.4, 0.5) is 0 Å². The Kier molecular flexibility index (Phi) is 4.59. The van der Waals surface area contributed by atoms with E-state index in [9.17, 15) is 5.11 Å². The van der Waals surface area contributed by atoms with Crippen LogP contribution in [-0.2, 0) is 4.74 Å². The molecule has 0 fully saturated rings. The fourth-order valence-corrected chi connectivity index (χ4v) is 1.58. The molecule has 0 unspecified atom stereocenters. The van der Waals surface area contributed by atoms with E-state index in [0.29, 0.717) is 5.75 Å². The molecule has 0 heterocycles. The Balaban J connectivity index is 0.000000337. The first-order chi connectivity index (χ1) is 7.17. The molecule has 0 aliphatic rings. The van der Waals surface area contributed by atoms with Gasteiger partial charge in [-0.1, -0.05) is 28.1 Å². The molecule has 0 saturated heterocycles. The van der Waals surface area contributed by atoms with Crippen molar-refractivity contribution in [2.24, 2.45) is 0 Å². The van der Waals surface area contributed by atoms with Crippen LogP contribution < -0.4 is 0 Å². The van der Waals surface area contributed by atoms with E-state index in [2.05, 4.69) is 20.7 Å². The van der Waals surface area contributed by atoms with Gasteiger partial charge in [-0.3, -0.25) is 0 Å². The highest BCUT2D eigenvalue weighted by atomic mass is 79.9. The van der Waals surface area contributed by atoms with Crippen LogP contribution in [-0.4, -0.2) is 19.3 Å². The van der Waals surface area contributed by atoms with Gasteiger partial charge in [0, 0.05) is 18.7 Å². The molecular weight excluding hydrogens is 256 g/mol. The van der Waals surface area contributed by atoms with Gasteiger partial charge in [0.25, 0.3) is 0 Å². The lowest BCUT2D eigenvalue weighted by Gasteiger charge is -1.98.